The molecule has 1 atom stereocenters. The number of amides is 2. The number of cyclic esters (lactones) is 1. The van der Waals surface area contributed by atoms with Crippen LogP contribution in [0.5, 0.6) is 0 Å². The molecule has 10 nitrogen and oxygen atoms in total. The van der Waals surface area contributed by atoms with Gasteiger partial charge in [0.1, 0.15) is 17.4 Å². The van der Waals surface area contributed by atoms with Crippen LogP contribution >= 0.6 is 0 Å². The van der Waals surface area contributed by atoms with Gasteiger partial charge in [-0.15, -0.1) is 0 Å². The average Bonchev–Trinajstić information content (AvgIpc) is 3.60. The first-order chi connectivity index (χ1) is 16.8. The maximum Gasteiger partial charge on any atom is 0.328 e. The normalized spacial score (nSPS) is 15.3. The number of likely N-dealkylation sites (N-methyl/N-ethyl adjacent to an activating group) is 1. The molecule has 1 saturated heterocycles. The van der Waals surface area contributed by atoms with Crippen LogP contribution in [0.15, 0.2) is 61.1 Å². The van der Waals surface area contributed by atoms with Crippen LogP contribution in [0.25, 0.3) is 16.9 Å². The molecule has 0 radical (unpaired) electrons. The molecule has 0 N–H and O–H groups in total. The van der Waals surface area contributed by atoms with Crippen molar-refractivity contribution in [3.05, 3.63) is 72.3 Å². The van der Waals surface area contributed by atoms with E-state index in [0.717, 1.165) is 11.3 Å². The van der Waals surface area contributed by atoms with E-state index < -0.39 is 23.8 Å². The van der Waals surface area contributed by atoms with Crippen LogP contribution in [0.4, 0.5) is 5.69 Å². The SMILES string of the molecule is CN(C(=O)c1c(C(=O)N(C)C2CCOC2=O)cnn1C)c1ccn2cc(-c3ccccc3)nc2c1. The molecule has 1 aliphatic rings. The van der Waals surface area contributed by atoms with Crippen LogP contribution in [0.3, 0.4) is 0 Å². The molecule has 178 valence electrons. The summed E-state index contributed by atoms with van der Waals surface area (Å²) >= 11 is 0. The molecule has 0 bridgehead atoms. The Bertz CT molecular complexity index is 1440. The third-order valence-electron chi connectivity index (χ3n) is 6.27. The first kappa shape index (κ1) is 22.3. The maximum atomic E-state index is 13.5. The fourth-order valence-electron chi connectivity index (χ4n) is 4.22. The van der Waals surface area contributed by atoms with E-state index in [1.807, 2.05) is 53.2 Å². The third-order valence-corrected chi connectivity index (χ3v) is 6.27. The van der Waals surface area contributed by atoms with Crippen LogP contribution in [-0.2, 0) is 16.6 Å². The number of anilines is 1. The van der Waals surface area contributed by atoms with E-state index in [0.29, 0.717) is 17.8 Å². The molecule has 1 aliphatic heterocycles. The maximum absolute atomic E-state index is 13.5. The minimum atomic E-state index is -0.676. The number of carbonyl (C=O) groups excluding carboxylic acids is 3. The number of esters is 1. The number of carbonyl (C=O) groups is 3. The lowest BCUT2D eigenvalue weighted by molar-refractivity contribution is -0.141. The van der Waals surface area contributed by atoms with Gasteiger partial charge in [0.15, 0.2) is 0 Å². The molecule has 1 fully saturated rings. The predicted octanol–water partition coefficient (Wildman–Crippen LogP) is 2.40. The third kappa shape index (κ3) is 3.92. The Morgan fingerprint density at radius 3 is 2.60 bits per heavy atom. The largest absolute Gasteiger partial charge is 0.464 e. The fourth-order valence-corrected chi connectivity index (χ4v) is 4.22. The highest BCUT2D eigenvalue weighted by Crippen LogP contribution is 2.24. The quantitative estimate of drug-likeness (QED) is 0.414. The molecule has 0 aliphatic carbocycles. The lowest BCUT2D eigenvalue weighted by Gasteiger charge is -2.22. The lowest BCUT2D eigenvalue weighted by Crippen LogP contribution is -2.41. The summed E-state index contributed by atoms with van der Waals surface area (Å²) in [6.07, 6.45) is 5.53. The van der Waals surface area contributed by atoms with Crippen molar-refractivity contribution >= 4 is 29.1 Å². The molecule has 10 heteroatoms. The van der Waals surface area contributed by atoms with E-state index >= 15 is 0 Å². The average molecular weight is 473 g/mol. The number of fused-ring (bicyclic) bond motifs is 1. The highest BCUT2D eigenvalue weighted by molar-refractivity contribution is 6.12. The molecule has 0 spiro atoms. The first-order valence-electron chi connectivity index (χ1n) is 11.1. The Balaban J connectivity index is 1.43. The highest BCUT2D eigenvalue weighted by Gasteiger charge is 2.36. The van der Waals surface area contributed by atoms with Gasteiger partial charge < -0.3 is 18.9 Å². The molecule has 5 rings (SSSR count). The van der Waals surface area contributed by atoms with Gasteiger partial charge in [-0.25, -0.2) is 9.78 Å². The minimum Gasteiger partial charge on any atom is -0.464 e. The van der Waals surface area contributed by atoms with Gasteiger partial charge in [-0.3, -0.25) is 14.3 Å². The molecule has 1 aromatic carbocycles. The summed E-state index contributed by atoms with van der Waals surface area (Å²) in [7, 11) is 4.77. The summed E-state index contributed by atoms with van der Waals surface area (Å²) in [5.41, 5.74) is 3.37. The minimum absolute atomic E-state index is 0.125. The van der Waals surface area contributed by atoms with Crippen molar-refractivity contribution < 1.29 is 19.1 Å². The monoisotopic (exact) mass is 472 g/mol. The van der Waals surface area contributed by atoms with Crippen molar-refractivity contribution in [1.29, 1.82) is 0 Å². The number of imidazole rings is 1. The zero-order chi connectivity index (χ0) is 24.7. The molecule has 3 aromatic heterocycles. The van der Waals surface area contributed by atoms with Crippen LogP contribution in [0.1, 0.15) is 27.3 Å². The number of benzene rings is 1. The van der Waals surface area contributed by atoms with Gasteiger partial charge in [0.25, 0.3) is 11.8 Å². The summed E-state index contributed by atoms with van der Waals surface area (Å²) in [5.74, 6) is -1.32. The van der Waals surface area contributed by atoms with Crippen molar-refractivity contribution in [2.75, 3.05) is 25.6 Å². The zero-order valence-corrected chi connectivity index (χ0v) is 19.6. The molecule has 4 aromatic rings. The molecular weight excluding hydrogens is 448 g/mol. The summed E-state index contributed by atoms with van der Waals surface area (Å²) in [6, 6.07) is 12.8. The van der Waals surface area contributed by atoms with Crippen molar-refractivity contribution in [1.82, 2.24) is 24.1 Å². The van der Waals surface area contributed by atoms with Crippen LogP contribution in [0.2, 0.25) is 0 Å². The zero-order valence-electron chi connectivity index (χ0n) is 19.6. The van der Waals surface area contributed by atoms with E-state index in [9.17, 15) is 14.4 Å². The number of hydrogen-bond acceptors (Lipinski definition) is 6. The Morgan fingerprint density at radius 2 is 1.89 bits per heavy atom. The second kappa shape index (κ2) is 8.71. The van der Waals surface area contributed by atoms with Gasteiger partial charge in [0.05, 0.1) is 24.1 Å². The fraction of sp³-hybridized carbons (Fsp3) is 0.240. The van der Waals surface area contributed by atoms with E-state index in [4.69, 9.17) is 4.74 Å². The summed E-state index contributed by atoms with van der Waals surface area (Å²) in [4.78, 5) is 46.1. The number of pyridine rings is 1. The molecule has 4 heterocycles. The molecule has 35 heavy (non-hydrogen) atoms. The molecule has 0 saturated carbocycles. The standard InChI is InChI=1S/C25H24N6O4/c1-28(17-9-11-31-15-19(27-21(31)13-17)16-7-5-4-6-8-16)24(33)22-18(14-26-30(22)3)23(32)29(2)20-10-12-35-25(20)34/h4-9,11,13-15,20H,10,12H2,1-3H3. The number of rotatable bonds is 5. The Labute approximate surface area is 201 Å². The number of hydrogen-bond donors (Lipinski definition) is 0. The van der Waals surface area contributed by atoms with Crippen LogP contribution in [0, 0.1) is 0 Å². The molecular formula is C25H24N6O4. The number of aromatic nitrogens is 4. The second-order valence-corrected chi connectivity index (χ2v) is 8.43. The van der Waals surface area contributed by atoms with E-state index in [1.54, 1.807) is 20.2 Å². The highest BCUT2D eigenvalue weighted by atomic mass is 16.5. The smallest absolute Gasteiger partial charge is 0.328 e. The number of nitrogens with zero attached hydrogens (tertiary/aromatic N) is 6. The van der Waals surface area contributed by atoms with Crippen molar-refractivity contribution in [3.63, 3.8) is 0 Å². The van der Waals surface area contributed by atoms with Gasteiger partial charge in [-0.2, -0.15) is 5.10 Å². The summed E-state index contributed by atoms with van der Waals surface area (Å²) in [5, 5.41) is 4.14. The van der Waals surface area contributed by atoms with E-state index in [2.05, 4.69) is 10.1 Å². The van der Waals surface area contributed by atoms with Crippen molar-refractivity contribution in [2.24, 2.45) is 7.05 Å². The molecule has 1 unspecified atom stereocenters. The van der Waals surface area contributed by atoms with Gasteiger partial charge >= 0.3 is 5.97 Å². The Kier molecular flexibility index (Phi) is 5.56. The topological polar surface area (TPSA) is 102 Å². The van der Waals surface area contributed by atoms with Gasteiger partial charge in [0, 0.05) is 57.3 Å². The Morgan fingerprint density at radius 1 is 1.11 bits per heavy atom. The van der Waals surface area contributed by atoms with Crippen LogP contribution < -0.4 is 4.90 Å². The first-order valence-corrected chi connectivity index (χ1v) is 11.1. The Hall–Kier alpha value is -4.47. The van der Waals surface area contributed by atoms with Gasteiger partial charge in [-0.05, 0) is 6.07 Å². The van der Waals surface area contributed by atoms with Gasteiger partial charge in [0.2, 0.25) is 0 Å². The van der Waals surface area contributed by atoms with E-state index in [1.165, 1.54) is 27.7 Å². The lowest BCUT2D eigenvalue weighted by atomic mass is 10.1. The van der Waals surface area contributed by atoms with Crippen molar-refractivity contribution in [3.8, 4) is 11.3 Å². The van der Waals surface area contributed by atoms with Crippen LogP contribution in [-0.4, -0.2) is 68.6 Å². The van der Waals surface area contributed by atoms with E-state index in [-0.39, 0.29) is 17.9 Å². The second-order valence-electron chi connectivity index (χ2n) is 8.43. The molecule has 2 amide bonds. The summed E-state index contributed by atoms with van der Waals surface area (Å²) in [6.45, 7) is 0.269. The van der Waals surface area contributed by atoms with Crippen molar-refractivity contribution in [2.45, 2.75) is 12.5 Å². The number of ether oxygens (including phenoxy) is 1. The summed E-state index contributed by atoms with van der Waals surface area (Å²) < 4.78 is 8.24. The number of aryl methyl sites for hydroxylation is 1. The predicted molar refractivity (Wildman–Crippen MR) is 128 cm³/mol. The van der Waals surface area contributed by atoms with Gasteiger partial charge in [-0.1, -0.05) is 30.3 Å².